The van der Waals surface area contributed by atoms with Crippen LogP contribution in [0.1, 0.15) is 21.8 Å². The second-order valence-corrected chi connectivity index (χ2v) is 5.35. The van der Waals surface area contributed by atoms with Crippen molar-refractivity contribution in [2.24, 2.45) is 0 Å². The quantitative estimate of drug-likeness (QED) is 0.676. The molecule has 6 heteroatoms. The highest BCUT2D eigenvalue weighted by Crippen LogP contribution is 2.19. The summed E-state index contributed by atoms with van der Waals surface area (Å²) in [5.41, 5.74) is 2.14. The molecule has 3 aromatic rings. The Hall–Kier alpha value is -2.66. The number of ether oxygens (including phenoxy) is 1. The monoisotopic (exact) mass is 328 g/mol. The van der Waals surface area contributed by atoms with E-state index in [2.05, 4.69) is 10.1 Å². The number of halogens is 1. The number of hydrogen-bond donors (Lipinski definition) is 0. The van der Waals surface area contributed by atoms with E-state index in [9.17, 15) is 4.79 Å². The van der Waals surface area contributed by atoms with E-state index in [0.29, 0.717) is 16.4 Å². The number of rotatable bonds is 4. The molecule has 116 valence electrons. The topological polar surface area (TPSA) is 65.2 Å². The first kappa shape index (κ1) is 15.2. The van der Waals surface area contributed by atoms with Crippen LogP contribution >= 0.6 is 11.6 Å². The van der Waals surface area contributed by atoms with Gasteiger partial charge >= 0.3 is 5.97 Å². The Bertz CT molecular complexity index is 828. The van der Waals surface area contributed by atoms with Crippen LogP contribution in [0.4, 0.5) is 0 Å². The molecule has 0 unspecified atom stereocenters. The average molecular weight is 329 g/mol. The predicted octanol–water partition coefficient (Wildman–Crippen LogP) is 4.06. The molecule has 1 aromatic heterocycles. The molecule has 23 heavy (non-hydrogen) atoms. The van der Waals surface area contributed by atoms with Gasteiger partial charge in [-0.15, -0.1) is 0 Å². The molecule has 0 radical (unpaired) electrons. The molecule has 0 N–H and O–H groups in total. The minimum atomic E-state index is -0.422. The maximum Gasteiger partial charge on any atom is 0.338 e. The Labute approximate surface area is 137 Å². The lowest BCUT2D eigenvalue weighted by Crippen LogP contribution is -2.07. The summed E-state index contributed by atoms with van der Waals surface area (Å²) in [5.74, 6) is 0.231. The number of hydrogen-bond acceptors (Lipinski definition) is 5. The summed E-state index contributed by atoms with van der Waals surface area (Å²) in [6.45, 7) is 1.77. The molecule has 3 rings (SSSR count). The van der Waals surface area contributed by atoms with Crippen molar-refractivity contribution in [2.45, 2.75) is 13.5 Å². The zero-order valence-corrected chi connectivity index (χ0v) is 13.1. The molecule has 0 amide bonds. The number of aryl methyl sites for hydroxylation is 1. The molecule has 0 aliphatic carbocycles. The minimum Gasteiger partial charge on any atom is -0.452 e. The molecular weight excluding hydrogens is 316 g/mol. The first-order valence-corrected chi connectivity index (χ1v) is 7.32. The fraction of sp³-hybridized carbons (Fsp3) is 0.118. The number of carbonyl (C=O) groups is 1. The Morgan fingerprint density at radius 1 is 1.17 bits per heavy atom. The van der Waals surface area contributed by atoms with Crippen molar-refractivity contribution >= 4 is 17.6 Å². The average Bonchev–Trinajstić information content (AvgIpc) is 3.03. The number of carbonyl (C=O) groups excluding carboxylic acids is 1. The molecule has 0 aliphatic heterocycles. The van der Waals surface area contributed by atoms with Crippen molar-refractivity contribution in [3.8, 4) is 11.4 Å². The fourth-order valence-corrected chi connectivity index (χ4v) is 2.16. The third-order valence-electron chi connectivity index (χ3n) is 3.26. The molecule has 0 saturated heterocycles. The van der Waals surface area contributed by atoms with Gasteiger partial charge < -0.3 is 9.26 Å². The first-order valence-electron chi connectivity index (χ1n) is 6.95. The lowest BCUT2D eigenvalue weighted by Gasteiger charge is -2.04. The van der Waals surface area contributed by atoms with E-state index in [1.165, 1.54) is 0 Å². The zero-order valence-electron chi connectivity index (χ0n) is 12.3. The lowest BCUT2D eigenvalue weighted by molar-refractivity contribution is 0.0429. The van der Waals surface area contributed by atoms with E-state index >= 15 is 0 Å². The molecule has 0 aliphatic rings. The summed E-state index contributed by atoms with van der Waals surface area (Å²) >= 11 is 5.84. The SMILES string of the molecule is Cc1ccccc1C(=O)OCc1nc(-c2ccc(Cl)cc2)no1. The molecule has 1 heterocycles. The van der Waals surface area contributed by atoms with Crippen LogP contribution in [0.15, 0.2) is 53.1 Å². The van der Waals surface area contributed by atoms with Gasteiger partial charge in [-0.2, -0.15) is 4.98 Å². The van der Waals surface area contributed by atoms with Crippen molar-refractivity contribution < 1.29 is 14.1 Å². The second-order valence-electron chi connectivity index (χ2n) is 4.91. The number of esters is 1. The highest BCUT2D eigenvalue weighted by Gasteiger charge is 2.13. The van der Waals surface area contributed by atoms with E-state index in [-0.39, 0.29) is 12.5 Å². The highest BCUT2D eigenvalue weighted by molar-refractivity contribution is 6.30. The van der Waals surface area contributed by atoms with Crippen LogP contribution in [0.25, 0.3) is 11.4 Å². The molecule has 0 bridgehead atoms. The third kappa shape index (κ3) is 3.57. The number of aromatic nitrogens is 2. The smallest absolute Gasteiger partial charge is 0.338 e. The number of benzene rings is 2. The van der Waals surface area contributed by atoms with Crippen molar-refractivity contribution in [1.82, 2.24) is 10.1 Å². The Balaban J connectivity index is 1.67. The van der Waals surface area contributed by atoms with Crippen LogP contribution in [0.2, 0.25) is 5.02 Å². The second kappa shape index (κ2) is 6.62. The maximum atomic E-state index is 12.0. The predicted molar refractivity (Wildman–Crippen MR) is 85.0 cm³/mol. The molecule has 0 atom stereocenters. The van der Waals surface area contributed by atoms with E-state index in [1.807, 2.05) is 19.1 Å². The van der Waals surface area contributed by atoms with Crippen molar-refractivity contribution in [3.05, 3.63) is 70.6 Å². The normalized spacial score (nSPS) is 10.5. The van der Waals surface area contributed by atoms with Gasteiger partial charge in [-0.1, -0.05) is 35.0 Å². The number of nitrogens with zero attached hydrogens (tertiary/aromatic N) is 2. The van der Waals surface area contributed by atoms with Gasteiger partial charge in [-0.3, -0.25) is 0 Å². The van der Waals surface area contributed by atoms with Crippen LogP contribution in [-0.4, -0.2) is 16.1 Å². The molecule has 2 aromatic carbocycles. The Kier molecular flexibility index (Phi) is 4.39. The molecule has 5 nitrogen and oxygen atoms in total. The largest absolute Gasteiger partial charge is 0.452 e. The van der Waals surface area contributed by atoms with Gasteiger partial charge in [0, 0.05) is 10.6 Å². The highest BCUT2D eigenvalue weighted by atomic mass is 35.5. The van der Waals surface area contributed by atoms with E-state index in [1.54, 1.807) is 36.4 Å². The summed E-state index contributed by atoms with van der Waals surface area (Å²) in [6, 6.07) is 14.3. The van der Waals surface area contributed by atoms with Crippen LogP contribution in [-0.2, 0) is 11.3 Å². The summed E-state index contributed by atoms with van der Waals surface area (Å²) in [4.78, 5) is 16.2. The van der Waals surface area contributed by atoms with Gasteiger partial charge in [0.05, 0.1) is 5.56 Å². The van der Waals surface area contributed by atoms with Crippen LogP contribution in [0.3, 0.4) is 0 Å². The van der Waals surface area contributed by atoms with E-state index in [4.69, 9.17) is 20.9 Å². The summed E-state index contributed by atoms with van der Waals surface area (Å²) < 4.78 is 10.3. The van der Waals surface area contributed by atoms with Crippen molar-refractivity contribution in [1.29, 1.82) is 0 Å². The molecule has 0 saturated carbocycles. The van der Waals surface area contributed by atoms with Gasteiger partial charge in [0.2, 0.25) is 5.82 Å². The first-order chi connectivity index (χ1) is 11.1. The summed E-state index contributed by atoms with van der Waals surface area (Å²) in [7, 11) is 0. The Morgan fingerprint density at radius 2 is 1.91 bits per heavy atom. The maximum absolute atomic E-state index is 12.0. The summed E-state index contributed by atoms with van der Waals surface area (Å²) in [6.07, 6.45) is 0. The van der Waals surface area contributed by atoms with Gasteiger partial charge in [-0.25, -0.2) is 4.79 Å². The minimum absolute atomic E-state index is 0.0756. The van der Waals surface area contributed by atoms with Crippen molar-refractivity contribution in [3.63, 3.8) is 0 Å². The van der Waals surface area contributed by atoms with E-state index < -0.39 is 5.97 Å². The standard InChI is InChI=1S/C17H13ClN2O3/c1-11-4-2-3-5-14(11)17(21)22-10-15-19-16(20-23-15)12-6-8-13(18)9-7-12/h2-9H,10H2,1H3. The zero-order chi connectivity index (χ0) is 16.2. The molecule has 0 fully saturated rings. The van der Waals surface area contributed by atoms with Crippen LogP contribution in [0, 0.1) is 6.92 Å². The fourth-order valence-electron chi connectivity index (χ4n) is 2.04. The third-order valence-corrected chi connectivity index (χ3v) is 3.51. The van der Waals surface area contributed by atoms with Gasteiger partial charge in [0.25, 0.3) is 5.89 Å². The molecular formula is C17H13ClN2O3. The van der Waals surface area contributed by atoms with Gasteiger partial charge in [0.1, 0.15) is 0 Å². The van der Waals surface area contributed by atoms with Gasteiger partial charge in [-0.05, 0) is 42.8 Å². The van der Waals surface area contributed by atoms with E-state index in [0.717, 1.165) is 11.1 Å². The van der Waals surface area contributed by atoms with Crippen LogP contribution in [0.5, 0.6) is 0 Å². The lowest BCUT2D eigenvalue weighted by atomic mass is 10.1. The summed E-state index contributed by atoms with van der Waals surface area (Å²) in [5, 5.41) is 4.49. The van der Waals surface area contributed by atoms with Crippen LogP contribution < -0.4 is 0 Å². The Morgan fingerprint density at radius 3 is 2.65 bits per heavy atom. The van der Waals surface area contributed by atoms with Crippen molar-refractivity contribution in [2.75, 3.05) is 0 Å². The van der Waals surface area contributed by atoms with Gasteiger partial charge in [0.15, 0.2) is 6.61 Å². The molecule has 0 spiro atoms.